The predicted octanol–water partition coefficient (Wildman–Crippen LogP) is 3.87. The molecule has 1 aliphatic rings. The fourth-order valence-electron chi connectivity index (χ4n) is 4.23. The van der Waals surface area contributed by atoms with Crippen molar-refractivity contribution in [1.29, 1.82) is 0 Å². The number of aromatic nitrogens is 1. The molecule has 0 unspecified atom stereocenters. The van der Waals surface area contributed by atoms with E-state index < -0.39 is 0 Å². The quantitative estimate of drug-likeness (QED) is 0.231. The number of morpholine rings is 1. The number of hydrogen-bond acceptors (Lipinski definition) is 4. The Hall–Kier alpha value is -3.06. The molecule has 3 aromatic rings. The third-order valence-corrected chi connectivity index (χ3v) is 6.79. The number of ether oxygens (including phenoxy) is 1. The molecule has 6 heteroatoms. The number of nitrogens with one attached hydrogen (secondary N) is 1. The van der Waals surface area contributed by atoms with Crippen LogP contribution in [0.5, 0.6) is 0 Å². The van der Waals surface area contributed by atoms with Crippen LogP contribution in [0, 0.1) is 0 Å². The van der Waals surface area contributed by atoms with Crippen LogP contribution in [0.4, 0.5) is 0 Å². The molecular weight excluding hydrogens is 466 g/mol. The van der Waals surface area contributed by atoms with Crippen molar-refractivity contribution in [2.24, 2.45) is 0 Å². The smallest absolute Gasteiger partial charge is 0.237 e. The summed E-state index contributed by atoms with van der Waals surface area (Å²) in [6, 6.07) is 22.0. The summed E-state index contributed by atoms with van der Waals surface area (Å²) in [7, 11) is 0. The third-order valence-electron chi connectivity index (χ3n) is 6.46. The van der Waals surface area contributed by atoms with Gasteiger partial charge in [-0.05, 0) is 33.4 Å². The van der Waals surface area contributed by atoms with Crippen LogP contribution >= 0.6 is 12.2 Å². The summed E-state index contributed by atoms with van der Waals surface area (Å²) in [5.74, 6) is -0.105. The molecule has 2 heterocycles. The van der Waals surface area contributed by atoms with Crippen LogP contribution in [-0.2, 0) is 10.2 Å². The highest BCUT2D eigenvalue weighted by Crippen LogP contribution is 2.23. The normalized spacial score (nSPS) is 15.3. The first-order chi connectivity index (χ1) is 17.3. The van der Waals surface area contributed by atoms with Crippen molar-refractivity contribution < 1.29 is 14.4 Å². The first kappa shape index (κ1) is 26.0. The Balaban J connectivity index is 1.61. The first-order valence-corrected chi connectivity index (χ1v) is 12.9. The van der Waals surface area contributed by atoms with Crippen LogP contribution in [-0.4, -0.2) is 49.3 Å². The lowest BCUT2D eigenvalue weighted by Gasteiger charge is -2.26. The maximum absolute atomic E-state index is 13.8. The lowest BCUT2D eigenvalue weighted by Crippen LogP contribution is -2.45. The topological polar surface area (TPSA) is 51.4 Å². The van der Waals surface area contributed by atoms with E-state index in [1.54, 1.807) is 0 Å². The van der Waals surface area contributed by atoms with E-state index in [0.717, 1.165) is 44.0 Å². The molecule has 1 saturated heterocycles. The van der Waals surface area contributed by atoms with E-state index in [-0.39, 0.29) is 11.2 Å². The molecule has 0 bridgehead atoms. The maximum atomic E-state index is 13.8. The Morgan fingerprint density at radius 2 is 1.56 bits per heavy atom. The molecule has 5 nitrogen and oxygen atoms in total. The molecule has 1 fully saturated rings. The van der Waals surface area contributed by atoms with Crippen LogP contribution in [0.3, 0.4) is 0 Å². The van der Waals surface area contributed by atoms with Crippen molar-refractivity contribution >= 4 is 28.7 Å². The zero-order valence-corrected chi connectivity index (χ0v) is 22.2. The van der Waals surface area contributed by atoms with Gasteiger partial charge in [-0.1, -0.05) is 87.6 Å². The molecule has 0 atom stereocenters. The Bertz CT molecular complexity index is 1180. The molecule has 0 saturated carbocycles. The Morgan fingerprint density at radius 1 is 0.944 bits per heavy atom. The van der Waals surface area contributed by atoms with Crippen LogP contribution < -0.4 is 15.0 Å². The summed E-state index contributed by atoms with van der Waals surface area (Å²) in [4.78, 5) is 2.79. The van der Waals surface area contributed by atoms with Crippen molar-refractivity contribution in [3.63, 3.8) is 0 Å². The number of thiocarbonyl (C=S) groups is 1. The van der Waals surface area contributed by atoms with E-state index in [9.17, 15) is 5.11 Å². The SMILES string of the molecule is CC(C)(C)c1cc[n+](/C(C(=S)NCCN2CCOCC2)=C(/[O-])c2ccc(-c3ccccc3)cc2)cc1. The minimum absolute atomic E-state index is 0.0213. The number of nitrogens with zero attached hydrogens (tertiary/aromatic N) is 2. The zero-order chi connectivity index (χ0) is 25.5. The van der Waals surface area contributed by atoms with Gasteiger partial charge in [-0.15, -0.1) is 0 Å². The van der Waals surface area contributed by atoms with E-state index in [0.29, 0.717) is 22.8 Å². The van der Waals surface area contributed by atoms with Crippen molar-refractivity contribution in [2.75, 3.05) is 39.4 Å². The molecule has 1 N–H and O–H groups in total. The lowest BCUT2D eigenvalue weighted by atomic mass is 9.88. The average Bonchev–Trinajstić information content (AvgIpc) is 2.90. The van der Waals surface area contributed by atoms with Gasteiger partial charge < -0.3 is 15.2 Å². The Kier molecular flexibility index (Phi) is 8.52. The lowest BCUT2D eigenvalue weighted by molar-refractivity contribution is -0.578. The number of benzene rings is 2. The molecule has 1 aliphatic heterocycles. The van der Waals surface area contributed by atoms with Gasteiger partial charge in [-0.25, -0.2) is 0 Å². The second-order valence-corrected chi connectivity index (χ2v) is 10.5. The van der Waals surface area contributed by atoms with Crippen LogP contribution in [0.15, 0.2) is 79.1 Å². The second-order valence-electron chi connectivity index (χ2n) is 10.1. The average molecular weight is 502 g/mol. The largest absolute Gasteiger partial charge is 0.867 e. The van der Waals surface area contributed by atoms with Gasteiger partial charge in [0, 0.05) is 38.3 Å². The fraction of sp³-hybridized carbons (Fsp3) is 0.333. The molecular formula is C30H35N3O2S. The summed E-state index contributed by atoms with van der Waals surface area (Å²) in [6.45, 7) is 11.4. The van der Waals surface area contributed by atoms with Crippen molar-refractivity contribution in [1.82, 2.24) is 10.2 Å². The third kappa shape index (κ3) is 6.58. The van der Waals surface area contributed by atoms with Gasteiger partial charge in [-0.3, -0.25) is 4.90 Å². The molecule has 2 aromatic carbocycles. The maximum Gasteiger partial charge on any atom is 0.237 e. The first-order valence-electron chi connectivity index (χ1n) is 12.5. The minimum atomic E-state index is -0.105. The Morgan fingerprint density at radius 3 is 2.17 bits per heavy atom. The Labute approximate surface area is 220 Å². The highest BCUT2D eigenvalue weighted by molar-refractivity contribution is 7.81. The fourth-order valence-corrected chi connectivity index (χ4v) is 4.53. The van der Waals surface area contributed by atoms with E-state index in [1.165, 1.54) is 5.56 Å². The van der Waals surface area contributed by atoms with Crippen LogP contribution in [0.1, 0.15) is 31.9 Å². The van der Waals surface area contributed by atoms with E-state index in [2.05, 4.69) is 55.3 Å². The molecule has 0 radical (unpaired) electrons. The van der Waals surface area contributed by atoms with Gasteiger partial charge in [0.15, 0.2) is 17.4 Å². The molecule has 0 amide bonds. The monoisotopic (exact) mass is 501 g/mol. The van der Waals surface area contributed by atoms with Gasteiger partial charge in [0.05, 0.1) is 13.2 Å². The second kappa shape index (κ2) is 11.8. The molecule has 4 rings (SSSR count). The van der Waals surface area contributed by atoms with Gasteiger partial charge in [-0.2, -0.15) is 4.57 Å². The van der Waals surface area contributed by atoms with Gasteiger partial charge in [0.1, 0.15) is 0 Å². The summed E-state index contributed by atoms with van der Waals surface area (Å²) >= 11 is 5.78. The van der Waals surface area contributed by atoms with E-state index in [4.69, 9.17) is 17.0 Å². The van der Waals surface area contributed by atoms with Crippen molar-refractivity contribution in [2.45, 2.75) is 26.2 Å². The van der Waals surface area contributed by atoms with Gasteiger partial charge in [0.2, 0.25) is 5.70 Å². The summed E-state index contributed by atoms with van der Waals surface area (Å²) in [5, 5.41) is 17.1. The molecule has 0 aliphatic carbocycles. The summed E-state index contributed by atoms with van der Waals surface area (Å²) in [5.41, 5.74) is 4.47. The summed E-state index contributed by atoms with van der Waals surface area (Å²) in [6.07, 6.45) is 3.87. The standard InChI is InChI=1S/C30H35N3O2S/c1-30(2,3)26-13-16-33(17-14-26)27(29(36)31-15-18-32-19-21-35-22-20-32)28(34)25-11-9-24(10-12-25)23-7-5-4-6-8-23/h4-14,16-17H,15,18-22H2,1-3H3,(H-,31,34,36). The van der Waals surface area contributed by atoms with Gasteiger partial charge in [0.25, 0.3) is 0 Å². The molecule has 36 heavy (non-hydrogen) atoms. The highest BCUT2D eigenvalue weighted by Gasteiger charge is 2.21. The van der Waals surface area contributed by atoms with Crippen molar-refractivity contribution in [3.05, 3.63) is 90.3 Å². The predicted molar refractivity (Wildman–Crippen MR) is 148 cm³/mol. The van der Waals surface area contributed by atoms with E-state index >= 15 is 0 Å². The number of pyridine rings is 1. The van der Waals surface area contributed by atoms with Crippen LogP contribution in [0.25, 0.3) is 22.6 Å². The van der Waals surface area contributed by atoms with Crippen molar-refractivity contribution in [3.8, 4) is 11.1 Å². The number of hydrogen-bond donors (Lipinski definition) is 1. The molecule has 0 spiro atoms. The minimum Gasteiger partial charge on any atom is -0.867 e. The highest BCUT2D eigenvalue weighted by atomic mass is 32.1. The molecule has 188 valence electrons. The zero-order valence-electron chi connectivity index (χ0n) is 21.4. The van der Waals surface area contributed by atoms with Gasteiger partial charge >= 0.3 is 0 Å². The number of rotatable bonds is 7. The van der Waals surface area contributed by atoms with E-state index in [1.807, 2.05) is 59.4 Å². The summed E-state index contributed by atoms with van der Waals surface area (Å²) < 4.78 is 7.27. The van der Waals surface area contributed by atoms with Crippen LogP contribution in [0.2, 0.25) is 0 Å². The molecule has 1 aromatic heterocycles.